The van der Waals surface area contributed by atoms with Gasteiger partial charge in [-0.3, -0.25) is 4.79 Å². The molecule has 0 bridgehead atoms. The highest BCUT2D eigenvalue weighted by Crippen LogP contribution is 2.21. The highest BCUT2D eigenvalue weighted by Gasteiger charge is 2.34. The second-order valence-electron chi connectivity index (χ2n) is 5.00. The van der Waals surface area contributed by atoms with Crippen LogP contribution >= 0.6 is 0 Å². The van der Waals surface area contributed by atoms with Gasteiger partial charge in [-0.05, 0) is 30.5 Å². The van der Waals surface area contributed by atoms with Crippen LogP contribution in [0.25, 0.3) is 0 Å². The molecule has 1 amide bonds. The molecule has 7 nitrogen and oxygen atoms in total. The Hall–Kier alpha value is -1.93. The summed E-state index contributed by atoms with van der Waals surface area (Å²) in [5.41, 5.74) is 0.665. The summed E-state index contributed by atoms with van der Waals surface area (Å²) in [5.74, 6) is -1.80. The van der Waals surface area contributed by atoms with E-state index in [0.717, 1.165) is 0 Å². The Morgan fingerprint density at radius 3 is 2.71 bits per heavy atom. The number of aliphatic carboxylic acids is 1. The number of carboxylic acid groups (broad SMARTS) is 1. The van der Waals surface area contributed by atoms with E-state index in [1.807, 2.05) is 0 Å². The zero-order valence-corrected chi connectivity index (χ0v) is 12.0. The van der Waals surface area contributed by atoms with Crippen molar-refractivity contribution in [3.8, 4) is 0 Å². The average molecular weight is 312 g/mol. The third-order valence-electron chi connectivity index (χ3n) is 3.34. The van der Waals surface area contributed by atoms with Crippen LogP contribution < -0.4 is 5.14 Å². The Morgan fingerprint density at radius 1 is 1.38 bits per heavy atom. The molecule has 1 fully saturated rings. The molecule has 0 saturated carbocycles. The maximum absolute atomic E-state index is 12.4. The molecule has 1 saturated heterocycles. The van der Waals surface area contributed by atoms with Crippen molar-refractivity contribution in [2.75, 3.05) is 6.54 Å². The molecule has 0 spiro atoms. The van der Waals surface area contributed by atoms with Crippen LogP contribution in [0.4, 0.5) is 0 Å². The topological polar surface area (TPSA) is 118 Å². The predicted octanol–water partition coefficient (Wildman–Crippen LogP) is 0.164. The van der Waals surface area contributed by atoms with E-state index in [1.165, 1.54) is 17.0 Å². The molecular formula is C13H16N2O5S. The van der Waals surface area contributed by atoms with Gasteiger partial charge in [-0.15, -0.1) is 0 Å². The number of hydrogen-bond acceptors (Lipinski definition) is 4. The summed E-state index contributed by atoms with van der Waals surface area (Å²) in [6, 6.07) is 5.26. The van der Waals surface area contributed by atoms with Gasteiger partial charge in [-0.1, -0.05) is 12.1 Å². The Bertz CT molecular complexity index is 671. The van der Waals surface area contributed by atoms with Crippen molar-refractivity contribution in [2.24, 2.45) is 5.14 Å². The summed E-state index contributed by atoms with van der Waals surface area (Å²) in [4.78, 5) is 24.8. The minimum atomic E-state index is -3.68. The number of sulfonamides is 1. The van der Waals surface area contributed by atoms with Crippen LogP contribution in [-0.2, 0) is 20.6 Å². The van der Waals surface area contributed by atoms with Gasteiger partial charge in [-0.25, -0.2) is 18.4 Å². The molecule has 114 valence electrons. The number of amides is 1. The summed E-state index contributed by atoms with van der Waals surface area (Å²) in [6.45, 7) is 0.384. The van der Waals surface area contributed by atoms with E-state index < -0.39 is 27.9 Å². The van der Waals surface area contributed by atoms with Gasteiger partial charge in [0.1, 0.15) is 6.04 Å². The summed E-state index contributed by atoms with van der Waals surface area (Å²) in [5, 5.41) is 14.1. The fraction of sp³-hybridized carbons (Fsp3) is 0.385. The second-order valence-corrected chi connectivity index (χ2v) is 6.62. The van der Waals surface area contributed by atoms with E-state index in [4.69, 9.17) is 10.2 Å². The number of carboxylic acids is 1. The van der Waals surface area contributed by atoms with E-state index in [0.29, 0.717) is 24.9 Å². The van der Waals surface area contributed by atoms with Crippen LogP contribution in [0, 0.1) is 0 Å². The number of nitrogens with zero attached hydrogens (tertiary/aromatic N) is 1. The zero-order chi connectivity index (χ0) is 15.6. The molecule has 1 atom stereocenters. The van der Waals surface area contributed by atoms with E-state index in [1.54, 1.807) is 12.1 Å². The van der Waals surface area contributed by atoms with Gasteiger partial charge in [0.05, 0.1) is 5.75 Å². The first kappa shape index (κ1) is 15.5. The molecule has 3 N–H and O–H groups in total. The average Bonchev–Trinajstić information content (AvgIpc) is 2.85. The third-order valence-corrected chi connectivity index (χ3v) is 4.08. The number of carbonyl (C=O) groups excluding carboxylic acids is 1. The Kier molecular flexibility index (Phi) is 4.29. The second kappa shape index (κ2) is 5.82. The molecule has 0 aromatic heterocycles. The molecule has 1 aromatic carbocycles. The Morgan fingerprint density at radius 2 is 2.10 bits per heavy atom. The molecule has 1 aliphatic rings. The first-order valence-corrected chi connectivity index (χ1v) is 8.12. The molecule has 0 aliphatic carbocycles. The van der Waals surface area contributed by atoms with Gasteiger partial charge in [0.25, 0.3) is 5.91 Å². The standard InChI is InChI=1S/C13H16N2O5S/c14-21(19,20)8-9-3-1-4-10(7-9)12(16)15-6-2-5-11(15)13(17)18/h1,3-4,7,11H,2,5-6,8H2,(H,17,18)(H2,14,19,20). The Balaban J connectivity index is 2.23. The van der Waals surface area contributed by atoms with Crippen molar-refractivity contribution in [2.45, 2.75) is 24.6 Å². The minimum absolute atomic E-state index is 0.268. The van der Waals surface area contributed by atoms with Crippen LogP contribution in [-0.4, -0.2) is 42.9 Å². The number of hydrogen-bond donors (Lipinski definition) is 2. The summed E-state index contributed by atoms with van der Waals surface area (Å²) >= 11 is 0. The smallest absolute Gasteiger partial charge is 0.326 e. The summed E-state index contributed by atoms with van der Waals surface area (Å²) in [6.07, 6.45) is 1.07. The normalized spacial score (nSPS) is 18.7. The molecule has 2 rings (SSSR count). The lowest BCUT2D eigenvalue weighted by Gasteiger charge is -2.21. The number of benzene rings is 1. The van der Waals surface area contributed by atoms with Crippen LogP contribution in [0.1, 0.15) is 28.8 Å². The Labute approximate surface area is 122 Å². The van der Waals surface area contributed by atoms with Crippen LogP contribution in [0.2, 0.25) is 0 Å². The molecule has 1 unspecified atom stereocenters. The highest BCUT2D eigenvalue weighted by atomic mass is 32.2. The van der Waals surface area contributed by atoms with E-state index in [-0.39, 0.29) is 11.3 Å². The number of nitrogens with two attached hydrogens (primary N) is 1. The van der Waals surface area contributed by atoms with Gasteiger partial charge in [0.15, 0.2) is 0 Å². The first-order chi connectivity index (χ1) is 9.78. The largest absolute Gasteiger partial charge is 0.480 e. The monoisotopic (exact) mass is 312 g/mol. The fourth-order valence-corrected chi connectivity index (χ4v) is 3.10. The van der Waals surface area contributed by atoms with Gasteiger partial charge >= 0.3 is 5.97 Å². The van der Waals surface area contributed by atoms with Gasteiger partial charge in [-0.2, -0.15) is 0 Å². The molecule has 1 aliphatic heterocycles. The lowest BCUT2D eigenvalue weighted by atomic mass is 10.1. The van der Waals surface area contributed by atoms with E-state index in [9.17, 15) is 18.0 Å². The minimum Gasteiger partial charge on any atom is -0.480 e. The van der Waals surface area contributed by atoms with Crippen molar-refractivity contribution in [3.05, 3.63) is 35.4 Å². The summed E-state index contributed by atoms with van der Waals surface area (Å²) in [7, 11) is -3.68. The van der Waals surface area contributed by atoms with Gasteiger partial charge < -0.3 is 10.0 Å². The molecule has 0 radical (unpaired) electrons. The van der Waals surface area contributed by atoms with Crippen molar-refractivity contribution < 1.29 is 23.1 Å². The van der Waals surface area contributed by atoms with Crippen molar-refractivity contribution in [3.63, 3.8) is 0 Å². The van der Waals surface area contributed by atoms with Crippen LogP contribution in [0.5, 0.6) is 0 Å². The van der Waals surface area contributed by atoms with Gasteiger partial charge in [0, 0.05) is 12.1 Å². The fourth-order valence-electron chi connectivity index (χ4n) is 2.46. The first-order valence-electron chi connectivity index (χ1n) is 6.41. The van der Waals surface area contributed by atoms with Crippen molar-refractivity contribution in [1.29, 1.82) is 0 Å². The quantitative estimate of drug-likeness (QED) is 0.821. The lowest BCUT2D eigenvalue weighted by molar-refractivity contribution is -0.141. The SMILES string of the molecule is NS(=O)(=O)Cc1cccc(C(=O)N2CCCC2C(=O)O)c1. The lowest BCUT2D eigenvalue weighted by Crippen LogP contribution is -2.40. The number of likely N-dealkylation sites (tertiary alicyclic amines) is 1. The maximum atomic E-state index is 12.4. The third kappa shape index (κ3) is 3.79. The number of carbonyl (C=O) groups is 2. The van der Waals surface area contributed by atoms with E-state index in [2.05, 4.69) is 0 Å². The maximum Gasteiger partial charge on any atom is 0.326 e. The summed E-state index contributed by atoms with van der Waals surface area (Å²) < 4.78 is 22.2. The number of rotatable bonds is 4. The van der Waals surface area contributed by atoms with Crippen molar-refractivity contribution in [1.82, 2.24) is 4.90 Å². The van der Waals surface area contributed by atoms with Gasteiger partial charge in [0.2, 0.25) is 10.0 Å². The molecule has 8 heteroatoms. The molecule has 1 aromatic rings. The number of primary sulfonamides is 1. The highest BCUT2D eigenvalue weighted by molar-refractivity contribution is 7.88. The van der Waals surface area contributed by atoms with Crippen LogP contribution in [0.3, 0.4) is 0 Å². The van der Waals surface area contributed by atoms with E-state index >= 15 is 0 Å². The molecule has 21 heavy (non-hydrogen) atoms. The molecular weight excluding hydrogens is 296 g/mol. The van der Waals surface area contributed by atoms with Crippen LogP contribution in [0.15, 0.2) is 24.3 Å². The predicted molar refractivity (Wildman–Crippen MR) is 74.9 cm³/mol. The zero-order valence-electron chi connectivity index (χ0n) is 11.2. The molecule has 1 heterocycles. The van der Waals surface area contributed by atoms with Crippen molar-refractivity contribution >= 4 is 21.9 Å².